The minimum Gasteiger partial charge on any atom is -0.508 e. The van der Waals surface area contributed by atoms with E-state index < -0.39 is 270 Å². The van der Waals surface area contributed by atoms with E-state index in [0.29, 0.717) is 64.3 Å². The largest absolute Gasteiger partial charge is 0.508 e. The molecule has 0 bridgehead atoms. The van der Waals surface area contributed by atoms with E-state index in [2.05, 4.69) is 52.8 Å². The van der Waals surface area contributed by atoms with Gasteiger partial charge < -0.3 is 98.4 Å². The number of carboxylic acids is 2. The molecule has 0 spiro atoms. The molecule has 15 N–H and O–H groups in total. The lowest BCUT2D eigenvalue weighted by atomic mass is 9.97. The second-order valence-electron chi connectivity index (χ2n) is 34.9. The van der Waals surface area contributed by atoms with Crippen molar-refractivity contribution in [3.63, 3.8) is 0 Å². The van der Waals surface area contributed by atoms with Crippen LogP contribution in [-0.2, 0) is 114 Å². The number of carbonyl (C=O) groups is 17. The number of thioether (sulfide) groups is 1. The molecular formula is C94H118F4N16O20S. The van der Waals surface area contributed by atoms with Gasteiger partial charge in [0.05, 0.1) is 18.7 Å². The standard InChI is InChI=1S/C94H118F4N16O20S/c1-9-10-23-73-93(133)114-37-18-25-72(114)87(127)103-64(34-35-78(118)119)83(123)109-81(52(4)5)94(134)111(7)74(43-53-19-12-11-13-20-53)89(129)107-69(46-79(120)121)91(131)113-36-17-16-24-71(113)88(128)106-67(45-57-47-100-63-22-15-14-21-60(57)63)86(126)105-66(41-54-28-32-59(115)33-29-54)85(125)104-65(38-51(2)3)84(124)108-70(82(122)101-48-76(99)116)49-135-50-77(117)102-68(42-56-39-61(96)80(98)62(97)40-56)90(130)112(8)75(92(132)110(73)6)44-55-26-30-58(95)31-27-55/h11-15,19-22,26-33,39-40,47,51-52,64-75,81,100,115H,9-10,16-18,23-25,34-38,41-46,48-50H2,1-8H3,(H2,99,116)(H,101,122)(H,102,117)(H,103,127)(H,104,125)(H,105,126)(H,106,128)(H,107,129)(H,108,124)(H,109,123)(H,118,119)(H,120,121)/t64-,65-,66-,67+,68+,69-,70-,71+,72+,73-,74-,75-,81+/m0/s1. The lowest BCUT2D eigenvalue weighted by Crippen LogP contribution is -2.63. The van der Waals surface area contributed by atoms with Crippen LogP contribution >= 0.6 is 11.8 Å². The van der Waals surface area contributed by atoms with Crippen LogP contribution in [0.2, 0.25) is 0 Å². The quantitative estimate of drug-likeness (QED) is 0.0305. The number of primary amides is 1. The number of nitrogens with zero attached hydrogens (tertiary/aromatic N) is 5. The molecule has 0 aliphatic carbocycles. The Morgan fingerprint density at radius 1 is 0.511 bits per heavy atom. The number of rotatable bonds is 24. The van der Waals surface area contributed by atoms with E-state index in [9.17, 15) is 57.7 Å². The third kappa shape index (κ3) is 29.5. The van der Waals surface area contributed by atoms with Crippen LogP contribution in [0.5, 0.6) is 5.75 Å². The summed E-state index contributed by atoms with van der Waals surface area (Å²) < 4.78 is 59.8. The molecule has 728 valence electrons. The Kier molecular flexibility index (Phi) is 38.6. The number of nitrogens with two attached hydrogens (primary N) is 1. The molecular weight excluding hydrogens is 1780 g/mol. The summed E-state index contributed by atoms with van der Waals surface area (Å²) in [4.78, 5) is 259. The number of phenols is 1. The second-order valence-corrected chi connectivity index (χ2v) is 35.9. The van der Waals surface area contributed by atoms with Gasteiger partial charge in [-0.25, -0.2) is 17.6 Å². The third-order valence-electron chi connectivity index (χ3n) is 24.0. The highest BCUT2D eigenvalue weighted by Crippen LogP contribution is 2.29. The van der Waals surface area contributed by atoms with Gasteiger partial charge in [-0.2, -0.15) is 0 Å². The molecule has 9 rings (SSSR count). The number of likely N-dealkylation sites (N-methyl/N-ethyl adjacent to an activating group) is 3. The van der Waals surface area contributed by atoms with Gasteiger partial charge in [-0.3, -0.25) is 81.5 Å². The number of benzene rings is 5. The molecule has 6 aromatic rings. The molecule has 0 radical (unpaired) electrons. The van der Waals surface area contributed by atoms with Crippen molar-refractivity contribution in [1.82, 2.24) is 77.3 Å². The van der Waals surface area contributed by atoms with E-state index in [0.717, 1.165) is 38.8 Å². The second kappa shape index (κ2) is 49.5. The summed E-state index contributed by atoms with van der Waals surface area (Å²) in [5, 5.41) is 55.0. The van der Waals surface area contributed by atoms with Crippen LogP contribution in [0.3, 0.4) is 0 Å². The summed E-state index contributed by atoms with van der Waals surface area (Å²) in [5.74, 6) is -27.1. The zero-order chi connectivity index (χ0) is 98.8. The molecule has 0 unspecified atom stereocenters. The van der Waals surface area contributed by atoms with E-state index in [1.165, 1.54) is 69.2 Å². The Morgan fingerprint density at radius 3 is 1.67 bits per heavy atom. The van der Waals surface area contributed by atoms with Gasteiger partial charge >= 0.3 is 11.9 Å². The van der Waals surface area contributed by atoms with Gasteiger partial charge in [0, 0.05) is 95.6 Å². The van der Waals surface area contributed by atoms with Crippen molar-refractivity contribution >= 4 is 123 Å². The summed E-state index contributed by atoms with van der Waals surface area (Å²) in [6.45, 7) is 7.08. The Balaban J connectivity index is 1.14. The van der Waals surface area contributed by atoms with Gasteiger partial charge in [0.2, 0.25) is 88.6 Å². The summed E-state index contributed by atoms with van der Waals surface area (Å²) >= 11 is 0.639. The number of halogens is 4. The number of hydrogen-bond acceptors (Lipinski definition) is 19. The first-order chi connectivity index (χ1) is 64.1. The average Bonchev–Trinajstić information content (AvgIpc) is 1.75. The summed E-state index contributed by atoms with van der Waals surface area (Å²) in [7, 11) is 3.58. The molecule has 36 nitrogen and oxygen atoms in total. The summed E-state index contributed by atoms with van der Waals surface area (Å²) in [6.07, 6.45) is -2.21. The smallest absolute Gasteiger partial charge is 0.305 e. The molecule has 3 aliphatic heterocycles. The van der Waals surface area contributed by atoms with Crippen LogP contribution in [-0.4, -0.2) is 276 Å². The number of carboxylic acid groups (broad SMARTS) is 2. The molecule has 41 heteroatoms. The van der Waals surface area contributed by atoms with Crippen LogP contribution in [0.1, 0.15) is 139 Å². The van der Waals surface area contributed by atoms with Crippen LogP contribution in [0.4, 0.5) is 17.6 Å². The molecule has 1 aromatic heterocycles. The van der Waals surface area contributed by atoms with Crippen LogP contribution in [0.15, 0.2) is 121 Å². The third-order valence-corrected chi connectivity index (χ3v) is 25.0. The van der Waals surface area contributed by atoms with E-state index in [1.807, 2.05) is 0 Å². The SMILES string of the molecule is CCCC[C@H]1C(=O)N2CCC[C@@H]2C(=O)N[C@@H](CCC(=O)O)C(=O)N[C@H](C(C)C)C(=O)N(C)[C@@H](Cc2ccccc2)C(=O)N[C@@H](CC(=O)O)C(=O)N2CCCC[C@@H]2C(=O)N[C@H](Cc2c[nH]c3ccccc23)C(=O)N[C@@H](Cc2ccc(O)cc2)C(=O)N[C@@H](CC(C)C)C(=O)N[C@H](C(=O)NCC(N)=O)CSCC(=O)N[C@H](Cc2cc(F)c(F)c(F)c2)C(=O)N(C)[C@@H](Cc2ccc(F)cc2)C(=O)N1C. The van der Waals surface area contributed by atoms with Gasteiger partial charge in [0.25, 0.3) is 0 Å². The maximum Gasteiger partial charge on any atom is 0.305 e. The molecule has 3 saturated heterocycles. The zero-order valence-electron chi connectivity index (χ0n) is 76.3. The minimum atomic E-state index is -1.98. The first-order valence-electron chi connectivity index (χ1n) is 44.8. The number of nitrogens with one attached hydrogen (secondary N) is 10. The number of H-pyrrole nitrogens is 1. The average molecular weight is 1900 g/mol. The highest BCUT2D eigenvalue weighted by molar-refractivity contribution is 8.00. The van der Waals surface area contributed by atoms with Crippen molar-refractivity contribution in [1.29, 1.82) is 0 Å². The maximum atomic E-state index is 15.7. The van der Waals surface area contributed by atoms with Crippen molar-refractivity contribution in [2.75, 3.05) is 52.3 Å². The minimum absolute atomic E-state index is 0.0567. The van der Waals surface area contributed by atoms with E-state index >= 15 is 56.7 Å². The van der Waals surface area contributed by atoms with Gasteiger partial charge in [0.1, 0.15) is 90.1 Å². The number of piperidine rings is 1. The first kappa shape index (κ1) is 105. The van der Waals surface area contributed by atoms with E-state index in [4.69, 9.17) is 5.73 Å². The molecule has 5 aromatic carbocycles. The predicted octanol–water partition coefficient (Wildman–Crippen LogP) is 3.25. The van der Waals surface area contributed by atoms with Gasteiger partial charge in [-0.1, -0.05) is 120 Å². The number of aromatic amines is 1. The van der Waals surface area contributed by atoms with Crippen molar-refractivity contribution < 1.29 is 114 Å². The number of unbranched alkanes of at least 4 members (excludes halogenated alkanes) is 1. The number of fused-ring (bicyclic) bond motifs is 3. The molecule has 3 aliphatic rings. The zero-order valence-corrected chi connectivity index (χ0v) is 77.1. The van der Waals surface area contributed by atoms with Crippen molar-refractivity contribution in [3.8, 4) is 5.75 Å². The molecule has 0 saturated carbocycles. The number of hydrogen-bond donors (Lipinski definition) is 14. The Morgan fingerprint density at radius 2 is 1.04 bits per heavy atom. The fraction of sp³-hybridized carbons (Fsp3) is 0.479. The number of para-hydroxylation sites is 1. The van der Waals surface area contributed by atoms with Crippen LogP contribution in [0.25, 0.3) is 10.9 Å². The number of amides is 15. The summed E-state index contributed by atoms with van der Waals surface area (Å²) in [6, 6.07) is 4.66. The maximum absolute atomic E-state index is 15.7. The van der Waals surface area contributed by atoms with Gasteiger partial charge in [0.15, 0.2) is 17.5 Å². The van der Waals surface area contributed by atoms with Crippen molar-refractivity contribution in [2.24, 2.45) is 17.6 Å². The fourth-order valence-corrected chi connectivity index (χ4v) is 17.5. The number of aromatic hydroxyl groups is 1. The highest BCUT2D eigenvalue weighted by Gasteiger charge is 2.46. The van der Waals surface area contributed by atoms with Crippen molar-refractivity contribution in [2.45, 2.75) is 222 Å². The van der Waals surface area contributed by atoms with Crippen LogP contribution < -0.4 is 53.6 Å². The lowest BCUT2D eigenvalue weighted by Gasteiger charge is -2.38. The monoisotopic (exact) mass is 1900 g/mol. The number of carbonyl (C=O) groups excluding carboxylic acids is 15. The topological polar surface area (TPSA) is 517 Å². The molecule has 13 atom stereocenters. The number of phenolic OH excluding ortho intramolecular Hbond substituents is 1. The lowest BCUT2D eigenvalue weighted by molar-refractivity contribution is -0.152. The normalized spacial score (nSPS) is 23.5. The molecule has 3 fully saturated rings. The Labute approximate surface area is 781 Å². The molecule has 4 heterocycles. The van der Waals surface area contributed by atoms with Gasteiger partial charge in [-0.15, -0.1) is 11.8 Å². The fourth-order valence-electron chi connectivity index (χ4n) is 16.6. The van der Waals surface area contributed by atoms with Crippen LogP contribution in [0, 0.1) is 35.1 Å². The first-order valence-corrected chi connectivity index (χ1v) is 45.9. The van der Waals surface area contributed by atoms with E-state index in [1.54, 1.807) is 81.6 Å². The van der Waals surface area contributed by atoms with E-state index in [-0.39, 0.29) is 88.6 Å². The van der Waals surface area contributed by atoms with Gasteiger partial charge in [-0.05, 0) is 133 Å². The van der Waals surface area contributed by atoms with Crippen molar-refractivity contribution in [3.05, 3.63) is 173 Å². The summed E-state index contributed by atoms with van der Waals surface area (Å²) in [5.41, 5.74) is 7.09. The number of aromatic nitrogens is 1. The highest BCUT2D eigenvalue weighted by atomic mass is 32.2. The Bertz CT molecular complexity index is 5270. The molecule has 135 heavy (non-hydrogen) atoms. The number of aliphatic carboxylic acids is 2. The molecule has 15 amide bonds. The Hall–Kier alpha value is -13.5. The predicted molar refractivity (Wildman–Crippen MR) is 486 cm³/mol.